The number of carbonyl (C=O) groups excluding carboxylic acids is 1. The van der Waals surface area contributed by atoms with E-state index in [0.29, 0.717) is 19.1 Å². The van der Waals surface area contributed by atoms with Crippen LogP contribution in [0, 0.1) is 0 Å². The van der Waals surface area contributed by atoms with E-state index in [1.807, 2.05) is 18.7 Å². The van der Waals surface area contributed by atoms with Crippen molar-refractivity contribution < 1.29 is 9.53 Å². The van der Waals surface area contributed by atoms with Crippen LogP contribution in [0.5, 0.6) is 0 Å². The van der Waals surface area contributed by atoms with E-state index in [2.05, 4.69) is 30.9 Å². The van der Waals surface area contributed by atoms with E-state index in [1.165, 1.54) is 0 Å². The maximum atomic E-state index is 12.3. The van der Waals surface area contributed by atoms with E-state index in [4.69, 9.17) is 4.74 Å². The predicted octanol–water partition coefficient (Wildman–Crippen LogP) is 0.896. The number of carbonyl (C=O) groups is 1. The minimum absolute atomic E-state index is 0.254. The first-order chi connectivity index (χ1) is 9.58. The van der Waals surface area contributed by atoms with Crippen LogP contribution in [0.4, 0.5) is 0 Å². The maximum Gasteiger partial charge on any atom is 0.224 e. The second-order valence-electron chi connectivity index (χ2n) is 5.66. The molecule has 0 aliphatic carbocycles. The van der Waals surface area contributed by atoms with Crippen molar-refractivity contribution in [3.63, 3.8) is 0 Å². The lowest BCUT2D eigenvalue weighted by molar-refractivity contribution is -0.133. The molecule has 118 valence electrons. The Morgan fingerprint density at radius 2 is 2.00 bits per heavy atom. The van der Waals surface area contributed by atoms with Crippen LogP contribution in [0.25, 0.3) is 0 Å². The van der Waals surface area contributed by atoms with Crippen molar-refractivity contribution in [3.05, 3.63) is 0 Å². The largest absolute Gasteiger partial charge is 0.378 e. The molecule has 2 rings (SSSR count). The van der Waals surface area contributed by atoms with Crippen LogP contribution in [0.15, 0.2) is 0 Å². The van der Waals surface area contributed by atoms with Crippen LogP contribution < -0.4 is 0 Å². The molecule has 2 aliphatic rings. The summed E-state index contributed by atoms with van der Waals surface area (Å²) in [6.07, 6.45) is 1.69. The fraction of sp³-hybridized carbons (Fsp3) is 0.933. The van der Waals surface area contributed by atoms with Gasteiger partial charge in [0.15, 0.2) is 0 Å². The topological polar surface area (TPSA) is 36.0 Å². The minimum Gasteiger partial charge on any atom is -0.378 e. The Labute approximate surface area is 123 Å². The lowest BCUT2D eigenvalue weighted by atomic mass is 10.1. The first kappa shape index (κ1) is 17.4. The first-order valence-corrected chi connectivity index (χ1v) is 7.80. The zero-order chi connectivity index (χ0) is 15.1. The molecule has 1 amide bonds. The summed E-state index contributed by atoms with van der Waals surface area (Å²) in [4.78, 5) is 18.7. The van der Waals surface area contributed by atoms with Gasteiger partial charge in [-0.05, 0) is 27.6 Å². The summed E-state index contributed by atoms with van der Waals surface area (Å²) in [6.45, 7) is 8.18. The Kier molecular flexibility index (Phi) is 7.48. The minimum atomic E-state index is 0.254. The molecule has 2 aliphatic heterocycles. The first-order valence-electron chi connectivity index (χ1n) is 7.80. The molecule has 0 spiro atoms. The van der Waals surface area contributed by atoms with Gasteiger partial charge in [0.1, 0.15) is 0 Å². The summed E-state index contributed by atoms with van der Waals surface area (Å²) in [6, 6.07) is 0.777. The summed E-state index contributed by atoms with van der Waals surface area (Å²) in [5.41, 5.74) is 0. The van der Waals surface area contributed by atoms with Gasteiger partial charge < -0.3 is 14.5 Å². The molecule has 20 heavy (non-hydrogen) atoms. The van der Waals surface area contributed by atoms with Gasteiger partial charge in [-0.25, -0.2) is 0 Å². The van der Waals surface area contributed by atoms with E-state index in [9.17, 15) is 4.79 Å². The van der Waals surface area contributed by atoms with Gasteiger partial charge in [-0.3, -0.25) is 9.69 Å². The molecule has 2 fully saturated rings. The quantitative estimate of drug-likeness (QED) is 0.772. The average Bonchev–Trinajstić information content (AvgIpc) is 2.93. The number of hydrogen-bond acceptors (Lipinski definition) is 4. The van der Waals surface area contributed by atoms with Crippen molar-refractivity contribution in [2.75, 3.05) is 54.0 Å². The third kappa shape index (κ3) is 4.72. The molecule has 0 aromatic rings. The number of hydrogen-bond donors (Lipinski definition) is 0. The molecule has 0 aromatic carbocycles. The van der Waals surface area contributed by atoms with Crippen LogP contribution in [-0.4, -0.2) is 86.7 Å². The highest BCUT2D eigenvalue weighted by Crippen LogP contribution is 2.16. The molecule has 5 nitrogen and oxygen atoms in total. The molecule has 0 bridgehead atoms. The van der Waals surface area contributed by atoms with Crippen molar-refractivity contribution in [1.29, 1.82) is 0 Å². The Balaban J connectivity index is 0.000000956. The van der Waals surface area contributed by atoms with Crippen molar-refractivity contribution in [1.82, 2.24) is 14.7 Å². The van der Waals surface area contributed by atoms with Crippen LogP contribution >= 0.6 is 0 Å². The zero-order valence-corrected chi connectivity index (χ0v) is 13.8. The summed E-state index contributed by atoms with van der Waals surface area (Å²) in [7, 11) is 6.25. The highest BCUT2D eigenvalue weighted by molar-refractivity contribution is 5.77. The van der Waals surface area contributed by atoms with Gasteiger partial charge in [-0.15, -0.1) is 0 Å². The second kappa shape index (κ2) is 8.60. The lowest BCUT2D eigenvalue weighted by Gasteiger charge is -2.33. The van der Waals surface area contributed by atoms with Crippen molar-refractivity contribution in [3.8, 4) is 0 Å². The number of likely N-dealkylation sites (N-methyl/N-ethyl adjacent to an activating group) is 2. The molecule has 5 heteroatoms. The van der Waals surface area contributed by atoms with Crippen LogP contribution in [-0.2, 0) is 9.53 Å². The smallest absolute Gasteiger partial charge is 0.224 e. The van der Waals surface area contributed by atoms with Gasteiger partial charge in [0.25, 0.3) is 0 Å². The van der Waals surface area contributed by atoms with Crippen molar-refractivity contribution in [2.45, 2.75) is 38.8 Å². The van der Waals surface area contributed by atoms with Gasteiger partial charge in [0.2, 0.25) is 5.91 Å². The summed E-state index contributed by atoms with van der Waals surface area (Å²) in [5.74, 6) is 0.279. The Hall–Kier alpha value is -0.650. The standard InChI is InChI=1S/C13H25N3O2.C2H6/c1-14(2)11-4-5-16(9-11)13(17)8-12-10-18-7-6-15(12)3;1-2/h11-12H,4-10H2,1-3H3;1-2H3. The van der Waals surface area contributed by atoms with E-state index < -0.39 is 0 Å². The van der Waals surface area contributed by atoms with E-state index >= 15 is 0 Å². The Morgan fingerprint density at radius 1 is 1.30 bits per heavy atom. The van der Waals surface area contributed by atoms with Crippen LogP contribution in [0.1, 0.15) is 26.7 Å². The van der Waals surface area contributed by atoms with Gasteiger partial charge >= 0.3 is 0 Å². The number of rotatable bonds is 3. The third-order valence-corrected chi connectivity index (χ3v) is 4.18. The van der Waals surface area contributed by atoms with Gasteiger partial charge in [0, 0.05) is 38.1 Å². The predicted molar refractivity (Wildman–Crippen MR) is 81.9 cm³/mol. The summed E-state index contributed by atoms with van der Waals surface area (Å²) in [5, 5.41) is 0. The number of morpholine rings is 1. The molecule has 0 N–H and O–H groups in total. The monoisotopic (exact) mass is 285 g/mol. The molecular formula is C15H31N3O2. The zero-order valence-electron chi connectivity index (χ0n) is 13.8. The number of nitrogens with zero attached hydrogens (tertiary/aromatic N) is 3. The van der Waals surface area contributed by atoms with Crippen LogP contribution in [0.3, 0.4) is 0 Å². The van der Waals surface area contributed by atoms with Gasteiger partial charge in [-0.2, -0.15) is 0 Å². The molecule has 2 unspecified atom stereocenters. The SMILES string of the molecule is CC.CN(C)C1CCN(C(=O)CC2COCCN2C)C1. The number of amides is 1. The molecule has 0 aromatic heterocycles. The van der Waals surface area contributed by atoms with Crippen molar-refractivity contribution >= 4 is 5.91 Å². The molecular weight excluding hydrogens is 254 g/mol. The highest BCUT2D eigenvalue weighted by Gasteiger charge is 2.30. The fourth-order valence-corrected chi connectivity index (χ4v) is 2.67. The highest BCUT2D eigenvalue weighted by atomic mass is 16.5. The van der Waals surface area contributed by atoms with E-state index in [1.54, 1.807) is 0 Å². The fourth-order valence-electron chi connectivity index (χ4n) is 2.67. The number of likely N-dealkylation sites (tertiary alicyclic amines) is 1. The van der Waals surface area contributed by atoms with Gasteiger partial charge in [-0.1, -0.05) is 13.8 Å². The Bertz CT molecular complexity index is 297. The van der Waals surface area contributed by atoms with E-state index in [0.717, 1.165) is 32.7 Å². The maximum absolute atomic E-state index is 12.3. The molecule has 2 heterocycles. The summed E-state index contributed by atoms with van der Waals surface area (Å²) < 4.78 is 5.45. The normalized spacial score (nSPS) is 27.4. The van der Waals surface area contributed by atoms with Crippen molar-refractivity contribution in [2.24, 2.45) is 0 Å². The Morgan fingerprint density at radius 3 is 2.55 bits per heavy atom. The molecule has 2 atom stereocenters. The second-order valence-corrected chi connectivity index (χ2v) is 5.66. The van der Waals surface area contributed by atoms with Gasteiger partial charge in [0.05, 0.1) is 13.2 Å². The lowest BCUT2D eigenvalue weighted by Crippen LogP contribution is -2.46. The molecule has 0 radical (unpaired) electrons. The number of ether oxygens (including phenoxy) is 1. The summed E-state index contributed by atoms with van der Waals surface area (Å²) >= 11 is 0. The third-order valence-electron chi connectivity index (χ3n) is 4.18. The average molecular weight is 285 g/mol. The van der Waals surface area contributed by atoms with E-state index in [-0.39, 0.29) is 11.9 Å². The van der Waals surface area contributed by atoms with Crippen LogP contribution in [0.2, 0.25) is 0 Å². The molecule has 0 saturated carbocycles. The molecule has 2 saturated heterocycles.